The van der Waals surface area contributed by atoms with Gasteiger partial charge in [0.25, 0.3) is 11.5 Å². The van der Waals surface area contributed by atoms with Crippen molar-refractivity contribution in [2.75, 3.05) is 13.2 Å². The number of unbranched alkanes of at least 4 members (excludes halogenated alkanes) is 1. The monoisotopic (exact) mass is 457 g/mol. The number of esters is 1. The Bertz CT molecular complexity index is 1260. The zero-order chi connectivity index (χ0) is 24.0. The quantitative estimate of drug-likeness (QED) is 0.435. The van der Waals surface area contributed by atoms with E-state index in [2.05, 4.69) is 15.3 Å². The lowest BCUT2D eigenvalue weighted by molar-refractivity contribution is -0.143. The van der Waals surface area contributed by atoms with Crippen LogP contribution in [0.1, 0.15) is 42.9 Å². The Morgan fingerprint density at radius 3 is 2.55 bits per heavy atom. The first-order valence-corrected chi connectivity index (χ1v) is 10.7. The van der Waals surface area contributed by atoms with Crippen molar-refractivity contribution >= 4 is 23.0 Å². The Morgan fingerprint density at radius 1 is 1.15 bits per heavy atom. The van der Waals surface area contributed by atoms with Gasteiger partial charge in [-0.1, -0.05) is 13.3 Å². The minimum Gasteiger partial charge on any atom is -0.494 e. The van der Waals surface area contributed by atoms with Gasteiger partial charge < -0.3 is 19.4 Å². The molecule has 0 aliphatic heterocycles. The lowest BCUT2D eigenvalue weighted by Gasteiger charge is -2.07. The van der Waals surface area contributed by atoms with Crippen LogP contribution in [0.3, 0.4) is 0 Å². The Labute approximate surface area is 189 Å². The number of carbonyl (C=O) groups is 2. The molecule has 1 aromatic carbocycles. The number of hydrogen-bond acceptors (Lipinski definition) is 7. The number of imidazole rings is 1. The average molecular weight is 457 g/mol. The fourth-order valence-electron chi connectivity index (χ4n) is 3.26. The van der Waals surface area contributed by atoms with Gasteiger partial charge in [-0.3, -0.25) is 23.9 Å². The summed E-state index contributed by atoms with van der Waals surface area (Å²) in [6.45, 7) is 4.24. The van der Waals surface area contributed by atoms with Gasteiger partial charge in [-0.15, -0.1) is 0 Å². The molecule has 2 N–H and O–H groups in total. The zero-order valence-electron chi connectivity index (χ0n) is 18.8. The van der Waals surface area contributed by atoms with Crippen molar-refractivity contribution in [2.24, 2.45) is 7.05 Å². The molecule has 0 spiro atoms. The third-order valence-electron chi connectivity index (χ3n) is 5.02. The second-order valence-electron chi connectivity index (χ2n) is 7.32. The summed E-state index contributed by atoms with van der Waals surface area (Å²) in [6.07, 6.45) is 1.61. The standard InChI is InChI=1S/C22H27N5O6/c1-4-6-11-27-19-18(21(30)25-22(27)31)26(3)16(24-19)13-33-17(28)12-23-20(29)14-7-9-15(10-8-14)32-5-2/h7-10H,4-6,11-13H2,1-3H3,(H,23,29)(H,25,30,31). The van der Waals surface area contributed by atoms with Gasteiger partial charge in [0.05, 0.1) is 6.61 Å². The van der Waals surface area contributed by atoms with Crippen LogP contribution >= 0.6 is 0 Å². The molecule has 0 aliphatic rings. The van der Waals surface area contributed by atoms with Crippen molar-refractivity contribution in [2.45, 2.75) is 39.8 Å². The summed E-state index contributed by atoms with van der Waals surface area (Å²) in [5.74, 6) is -0.143. The number of benzene rings is 1. The van der Waals surface area contributed by atoms with Crippen molar-refractivity contribution in [1.82, 2.24) is 24.4 Å². The third-order valence-corrected chi connectivity index (χ3v) is 5.02. The smallest absolute Gasteiger partial charge is 0.330 e. The van der Waals surface area contributed by atoms with Gasteiger partial charge in [0.2, 0.25) is 0 Å². The average Bonchev–Trinajstić information content (AvgIpc) is 3.13. The molecule has 3 rings (SSSR count). The SMILES string of the molecule is CCCCn1c(=O)[nH]c(=O)c2c1nc(COC(=O)CNC(=O)c1ccc(OCC)cc1)n2C. The molecule has 0 unspecified atom stereocenters. The van der Waals surface area contributed by atoms with Gasteiger partial charge in [0.1, 0.15) is 24.7 Å². The highest BCUT2D eigenvalue weighted by atomic mass is 16.5. The number of fused-ring (bicyclic) bond motifs is 1. The number of nitrogens with zero attached hydrogens (tertiary/aromatic N) is 3. The Kier molecular flexibility index (Phi) is 7.65. The lowest BCUT2D eigenvalue weighted by atomic mass is 10.2. The Morgan fingerprint density at radius 2 is 1.88 bits per heavy atom. The van der Waals surface area contributed by atoms with Crippen LogP contribution in [0.25, 0.3) is 11.2 Å². The second-order valence-corrected chi connectivity index (χ2v) is 7.32. The summed E-state index contributed by atoms with van der Waals surface area (Å²) in [4.78, 5) is 55.5. The highest BCUT2D eigenvalue weighted by Gasteiger charge is 2.18. The summed E-state index contributed by atoms with van der Waals surface area (Å²) in [5, 5.41) is 2.49. The highest BCUT2D eigenvalue weighted by Crippen LogP contribution is 2.13. The van der Waals surface area contributed by atoms with Crippen LogP contribution in [-0.4, -0.2) is 44.1 Å². The van der Waals surface area contributed by atoms with Crippen LogP contribution in [0.2, 0.25) is 0 Å². The summed E-state index contributed by atoms with van der Waals surface area (Å²) in [7, 11) is 1.61. The maximum absolute atomic E-state index is 12.3. The Hall–Kier alpha value is -3.89. The van der Waals surface area contributed by atoms with Crippen molar-refractivity contribution in [1.29, 1.82) is 0 Å². The van der Waals surface area contributed by atoms with Gasteiger partial charge in [-0.05, 0) is 37.6 Å². The molecule has 0 fully saturated rings. The normalized spacial score (nSPS) is 10.9. The van der Waals surface area contributed by atoms with Gasteiger partial charge in [-0.2, -0.15) is 0 Å². The number of rotatable bonds is 10. The molecular formula is C22H27N5O6. The van der Waals surface area contributed by atoms with Crippen molar-refractivity contribution < 1.29 is 19.1 Å². The van der Waals surface area contributed by atoms with E-state index < -0.39 is 23.1 Å². The number of carbonyl (C=O) groups excluding carboxylic acids is 2. The topological polar surface area (TPSA) is 137 Å². The maximum Gasteiger partial charge on any atom is 0.330 e. The molecule has 0 atom stereocenters. The van der Waals surface area contributed by atoms with Gasteiger partial charge in [0, 0.05) is 19.2 Å². The van der Waals surface area contributed by atoms with Crippen molar-refractivity contribution in [3.8, 4) is 5.75 Å². The van der Waals surface area contributed by atoms with E-state index in [0.717, 1.165) is 12.8 Å². The fraction of sp³-hybridized carbons (Fsp3) is 0.409. The maximum atomic E-state index is 12.3. The first-order valence-electron chi connectivity index (χ1n) is 10.7. The van der Waals surface area contributed by atoms with E-state index in [1.165, 1.54) is 9.13 Å². The number of nitrogens with one attached hydrogen (secondary N) is 2. The molecule has 11 nitrogen and oxygen atoms in total. The molecule has 176 valence electrons. The summed E-state index contributed by atoms with van der Waals surface area (Å²) in [5.41, 5.74) is -0.237. The van der Waals surface area contributed by atoms with Gasteiger partial charge in [-0.25, -0.2) is 9.78 Å². The molecule has 3 aromatic rings. The molecule has 1 amide bonds. The Balaban J connectivity index is 1.64. The largest absolute Gasteiger partial charge is 0.494 e. The first-order chi connectivity index (χ1) is 15.8. The highest BCUT2D eigenvalue weighted by molar-refractivity contribution is 5.96. The van der Waals surface area contributed by atoms with Gasteiger partial charge >= 0.3 is 11.7 Å². The molecule has 0 saturated heterocycles. The first kappa shape index (κ1) is 23.8. The zero-order valence-corrected chi connectivity index (χ0v) is 18.8. The predicted molar refractivity (Wildman–Crippen MR) is 120 cm³/mol. The van der Waals surface area contributed by atoms with Crippen molar-refractivity contribution in [3.05, 3.63) is 56.5 Å². The van der Waals surface area contributed by atoms with E-state index in [0.29, 0.717) is 30.3 Å². The molecule has 11 heteroatoms. The van der Waals surface area contributed by atoms with Gasteiger partial charge in [0.15, 0.2) is 11.2 Å². The van der Waals surface area contributed by atoms with Crippen molar-refractivity contribution in [3.63, 3.8) is 0 Å². The molecule has 2 heterocycles. The number of hydrogen-bond donors (Lipinski definition) is 2. The van der Waals surface area contributed by atoms with Crippen LogP contribution in [-0.2, 0) is 29.7 Å². The number of ether oxygens (including phenoxy) is 2. The number of aromatic amines is 1. The van der Waals surface area contributed by atoms with E-state index in [1.807, 2.05) is 13.8 Å². The molecule has 0 bridgehead atoms. The van der Waals surface area contributed by atoms with Crippen LogP contribution < -0.4 is 21.3 Å². The number of aryl methyl sites for hydroxylation is 2. The fourth-order valence-corrected chi connectivity index (χ4v) is 3.26. The van der Waals surface area contributed by atoms with E-state index in [4.69, 9.17) is 9.47 Å². The summed E-state index contributed by atoms with van der Waals surface area (Å²) in [6, 6.07) is 6.54. The number of amides is 1. The predicted octanol–water partition coefficient (Wildman–Crippen LogP) is 1.10. The van der Waals surface area contributed by atoms with Crippen LogP contribution in [0.15, 0.2) is 33.9 Å². The molecule has 0 aliphatic carbocycles. The van der Waals surface area contributed by atoms with E-state index >= 15 is 0 Å². The molecule has 0 saturated carbocycles. The summed E-state index contributed by atoms with van der Waals surface area (Å²) < 4.78 is 13.4. The number of H-pyrrole nitrogens is 1. The number of aromatic nitrogens is 4. The van der Waals surface area contributed by atoms with Crippen LogP contribution in [0.5, 0.6) is 5.75 Å². The third kappa shape index (κ3) is 5.48. The minimum absolute atomic E-state index is 0.218. The molecule has 2 aromatic heterocycles. The minimum atomic E-state index is -0.668. The second kappa shape index (κ2) is 10.6. The van der Waals surface area contributed by atoms with Crippen LogP contribution in [0.4, 0.5) is 0 Å². The van der Waals surface area contributed by atoms with E-state index in [-0.39, 0.29) is 24.3 Å². The van der Waals surface area contributed by atoms with E-state index in [1.54, 1.807) is 31.3 Å². The molecule has 33 heavy (non-hydrogen) atoms. The van der Waals surface area contributed by atoms with E-state index in [9.17, 15) is 19.2 Å². The lowest BCUT2D eigenvalue weighted by Crippen LogP contribution is -2.31. The molecule has 0 radical (unpaired) electrons. The van der Waals surface area contributed by atoms with Crippen LogP contribution in [0, 0.1) is 0 Å². The summed E-state index contributed by atoms with van der Waals surface area (Å²) >= 11 is 0. The molecular weight excluding hydrogens is 430 g/mol.